The molecule has 5 rings (SSSR count). The van der Waals surface area contributed by atoms with E-state index >= 15 is 0 Å². The van der Waals surface area contributed by atoms with Gasteiger partial charge in [0.1, 0.15) is 10.9 Å². The molecule has 1 saturated heterocycles. The fourth-order valence-electron chi connectivity index (χ4n) is 3.71. The second-order valence-electron chi connectivity index (χ2n) is 7.75. The Kier molecular flexibility index (Phi) is 4.29. The van der Waals surface area contributed by atoms with Crippen LogP contribution in [0.1, 0.15) is 25.5 Å². The van der Waals surface area contributed by atoms with Crippen LogP contribution in [0.15, 0.2) is 57.6 Å². The largest absolute Gasteiger partial charge is 0.360 e. The van der Waals surface area contributed by atoms with E-state index in [1.807, 2.05) is 30.6 Å². The molecular weight excluding hydrogens is 368 g/mol. The van der Waals surface area contributed by atoms with Gasteiger partial charge < -0.3 is 10.6 Å². The first kappa shape index (κ1) is 17.6. The predicted molar refractivity (Wildman–Crippen MR) is 112 cm³/mol. The van der Waals surface area contributed by atoms with Gasteiger partial charge in [-0.3, -0.25) is 4.98 Å². The Labute approximate surface area is 168 Å². The Bertz CT molecular complexity index is 1060. The predicted octanol–water partition coefficient (Wildman–Crippen LogP) is 3.58. The van der Waals surface area contributed by atoms with Crippen molar-refractivity contribution in [1.29, 1.82) is 0 Å². The lowest BCUT2D eigenvalue weighted by Crippen LogP contribution is -2.49. The van der Waals surface area contributed by atoms with E-state index < -0.39 is 0 Å². The van der Waals surface area contributed by atoms with Crippen molar-refractivity contribution >= 4 is 34.3 Å². The van der Waals surface area contributed by atoms with Gasteiger partial charge in [-0.05, 0) is 38.0 Å². The molecule has 0 unspecified atom stereocenters. The highest BCUT2D eigenvalue weighted by Crippen LogP contribution is 2.34. The van der Waals surface area contributed by atoms with Gasteiger partial charge in [0.2, 0.25) is 0 Å². The van der Waals surface area contributed by atoms with Crippen LogP contribution in [0, 0.1) is 0 Å². The summed E-state index contributed by atoms with van der Waals surface area (Å²) in [5.41, 5.74) is 8.15. The molecule has 2 N–H and O–H groups in total. The summed E-state index contributed by atoms with van der Waals surface area (Å²) in [6.45, 7) is 4.03. The summed E-state index contributed by atoms with van der Waals surface area (Å²) in [5, 5.41) is 2.02. The topological polar surface area (TPSA) is 80.3 Å². The van der Waals surface area contributed by atoms with Crippen LogP contribution in [-0.2, 0) is 6.42 Å². The molecule has 2 aliphatic rings. The van der Waals surface area contributed by atoms with E-state index in [-0.39, 0.29) is 5.54 Å². The molecule has 2 aromatic heterocycles. The van der Waals surface area contributed by atoms with E-state index in [2.05, 4.69) is 33.9 Å². The number of likely N-dealkylation sites (tertiary alicyclic amines) is 1. The maximum Gasteiger partial charge on any atom is 0.176 e. The lowest BCUT2D eigenvalue weighted by atomic mass is 9.91. The number of fused-ring (bicyclic) bond motifs is 2. The van der Waals surface area contributed by atoms with Crippen LogP contribution >= 0.6 is 11.8 Å². The highest BCUT2D eigenvalue weighted by molar-refractivity contribution is 7.99. The summed E-state index contributed by atoms with van der Waals surface area (Å²) >= 11 is 1.62. The van der Waals surface area contributed by atoms with Crippen molar-refractivity contribution in [3.63, 3.8) is 0 Å². The van der Waals surface area contributed by atoms with Crippen LogP contribution < -0.4 is 5.73 Å². The van der Waals surface area contributed by atoms with Crippen LogP contribution in [0.25, 0.3) is 10.9 Å². The Morgan fingerprint density at radius 3 is 2.82 bits per heavy atom. The second kappa shape index (κ2) is 6.83. The molecule has 1 aromatic carbocycles. The minimum Gasteiger partial charge on any atom is -0.360 e. The molecule has 1 fully saturated rings. The number of hydrogen-bond donors (Lipinski definition) is 1. The van der Waals surface area contributed by atoms with Gasteiger partial charge in [-0.25, -0.2) is 15.0 Å². The van der Waals surface area contributed by atoms with Crippen molar-refractivity contribution in [3.05, 3.63) is 48.4 Å². The highest BCUT2D eigenvalue weighted by Gasteiger charge is 2.30. The molecular formula is C21H22N6S. The third-order valence-corrected chi connectivity index (χ3v) is 6.43. The van der Waals surface area contributed by atoms with Gasteiger partial charge in [0.05, 0.1) is 23.8 Å². The van der Waals surface area contributed by atoms with Crippen LogP contribution in [-0.4, -0.2) is 44.3 Å². The van der Waals surface area contributed by atoms with Crippen molar-refractivity contribution < 1.29 is 0 Å². The lowest BCUT2D eigenvalue weighted by molar-refractivity contribution is 0.243. The minimum absolute atomic E-state index is 0.0594. The van der Waals surface area contributed by atoms with Crippen LogP contribution in [0.2, 0.25) is 0 Å². The van der Waals surface area contributed by atoms with Gasteiger partial charge >= 0.3 is 0 Å². The first-order valence-electron chi connectivity index (χ1n) is 9.56. The number of aromatic nitrogens is 3. The molecule has 0 saturated carbocycles. The first-order valence-corrected chi connectivity index (χ1v) is 10.4. The van der Waals surface area contributed by atoms with E-state index in [9.17, 15) is 0 Å². The normalized spacial score (nSPS) is 18.2. The maximum absolute atomic E-state index is 6.26. The summed E-state index contributed by atoms with van der Waals surface area (Å²) in [5.74, 6) is 1.82. The maximum atomic E-state index is 6.26. The van der Waals surface area contributed by atoms with E-state index in [0.717, 1.165) is 70.5 Å². The summed E-state index contributed by atoms with van der Waals surface area (Å²) in [6, 6.07) is 10.2. The molecule has 4 heterocycles. The number of nitrogens with two attached hydrogens (primary N) is 1. The van der Waals surface area contributed by atoms with Crippen LogP contribution in [0.4, 0.5) is 5.82 Å². The number of piperidine rings is 1. The zero-order chi connectivity index (χ0) is 19.1. The zero-order valence-electron chi connectivity index (χ0n) is 15.8. The van der Waals surface area contributed by atoms with E-state index in [1.165, 1.54) is 0 Å². The molecule has 0 aliphatic carbocycles. The quantitative estimate of drug-likeness (QED) is 0.720. The molecule has 0 atom stereocenters. The summed E-state index contributed by atoms with van der Waals surface area (Å²) < 4.78 is 0. The number of hydrogen-bond acceptors (Lipinski definition) is 7. The van der Waals surface area contributed by atoms with Crippen molar-refractivity contribution in [3.8, 4) is 0 Å². The van der Waals surface area contributed by atoms with Crippen molar-refractivity contribution in [2.45, 2.75) is 41.6 Å². The van der Waals surface area contributed by atoms with Gasteiger partial charge in [0.15, 0.2) is 5.82 Å². The third-order valence-electron chi connectivity index (χ3n) is 5.45. The van der Waals surface area contributed by atoms with Gasteiger partial charge in [-0.1, -0.05) is 23.9 Å². The van der Waals surface area contributed by atoms with Crippen molar-refractivity contribution in [2.24, 2.45) is 10.7 Å². The number of amidine groups is 1. The Morgan fingerprint density at radius 2 is 1.96 bits per heavy atom. The lowest BCUT2D eigenvalue weighted by Gasteiger charge is -2.37. The average molecular weight is 391 g/mol. The molecule has 0 spiro atoms. The second-order valence-corrected chi connectivity index (χ2v) is 8.81. The van der Waals surface area contributed by atoms with E-state index in [4.69, 9.17) is 15.7 Å². The Morgan fingerprint density at radius 1 is 1.11 bits per heavy atom. The van der Waals surface area contributed by atoms with Crippen molar-refractivity contribution in [2.75, 3.05) is 13.1 Å². The molecule has 0 amide bonds. The Balaban J connectivity index is 1.34. The van der Waals surface area contributed by atoms with Gasteiger partial charge in [0, 0.05) is 35.1 Å². The highest BCUT2D eigenvalue weighted by atomic mass is 32.2. The summed E-state index contributed by atoms with van der Waals surface area (Å²) in [7, 11) is 0. The minimum atomic E-state index is -0.0594. The first-order chi connectivity index (χ1) is 13.6. The molecule has 3 aromatic rings. The fourth-order valence-corrected chi connectivity index (χ4v) is 4.63. The molecule has 0 bridgehead atoms. The van der Waals surface area contributed by atoms with E-state index in [0.29, 0.717) is 0 Å². The molecule has 7 heteroatoms. The molecule has 0 radical (unpaired) electrons. The van der Waals surface area contributed by atoms with Gasteiger partial charge in [-0.15, -0.1) is 0 Å². The molecule has 6 nitrogen and oxygen atoms in total. The van der Waals surface area contributed by atoms with Crippen LogP contribution in [0.3, 0.4) is 0 Å². The summed E-state index contributed by atoms with van der Waals surface area (Å²) in [4.78, 5) is 22.0. The number of benzene rings is 1. The average Bonchev–Trinajstić information content (AvgIpc) is 3.11. The Hall–Kier alpha value is -2.51. The number of rotatable bonds is 2. The van der Waals surface area contributed by atoms with Crippen LogP contribution in [0.5, 0.6) is 0 Å². The molecule has 2 aliphatic heterocycles. The SMILES string of the molecule is CC1(N)CCN(C2=Nc3ncc(Sc4cccc5ncccc45)nc3C2)CC1. The number of nitrogens with zero attached hydrogens (tertiary/aromatic N) is 5. The van der Waals surface area contributed by atoms with E-state index in [1.54, 1.807) is 11.8 Å². The standard InChI is InChI=1S/C21H22N6S/c1-21(22)7-10-27(11-8-21)18-12-16-20(26-18)24-13-19(25-16)28-17-6-2-5-15-14(17)4-3-9-23-15/h2-6,9,13H,7-8,10-12,22H2,1H3. The number of pyridine rings is 1. The third kappa shape index (κ3) is 3.36. The molecule has 28 heavy (non-hydrogen) atoms. The zero-order valence-corrected chi connectivity index (χ0v) is 16.6. The fraction of sp³-hybridized carbons (Fsp3) is 0.333. The van der Waals surface area contributed by atoms with Gasteiger partial charge in [0.25, 0.3) is 0 Å². The van der Waals surface area contributed by atoms with Gasteiger partial charge in [-0.2, -0.15) is 0 Å². The smallest absolute Gasteiger partial charge is 0.176 e. The van der Waals surface area contributed by atoms with Crippen molar-refractivity contribution in [1.82, 2.24) is 19.9 Å². The monoisotopic (exact) mass is 390 g/mol. The number of aliphatic imine (C=N–C) groups is 1. The summed E-state index contributed by atoms with van der Waals surface area (Å²) in [6.07, 6.45) is 6.35. The molecule has 142 valence electrons.